The molecule has 0 fully saturated rings. The molecule has 0 aliphatic heterocycles. The van der Waals surface area contributed by atoms with Crippen LogP contribution < -0.4 is 9.47 Å². The number of rotatable bonds is 12. The molecule has 3 aromatic carbocycles. The van der Waals surface area contributed by atoms with Crippen LogP contribution in [0.15, 0.2) is 76.5 Å². The van der Waals surface area contributed by atoms with Gasteiger partial charge in [0.1, 0.15) is 11.5 Å². The number of methoxy groups -OCH3 is 1. The molecule has 0 bridgehead atoms. The third-order valence-corrected chi connectivity index (χ3v) is 7.25. The predicted molar refractivity (Wildman–Crippen MR) is 139 cm³/mol. The van der Waals surface area contributed by atoms with E-state index >= 15 is 0 Å². The van der Waals surface area contributed by atoms with E-state index in [-0.39, 0.29) is 12.1 Å². The molecule has 2 atom stereocenters. The maximum atomic E-state index is 13.3. The van der Waals surface area contributed by atoms with Crippen molar-refractivity contribution in [3.05, 3.63) is 83.4 Å². The Morgan fingerprint density at radius 1 is 1.03 bits per heavy atom. The molecule has 3 rings (SSSR count). The largest absolute Gasteiger partial charge is 0.493 e. The lowest BCUT2D eigenvalue weighted by Gasteiger charge is -2.18. The first kappa shape index (κ1) is 26.5. The second-order valence-electron chi connectivity index (χ2n) is 8.45. The second-order valence-corrected chi connectivity index (χ2v) is 9.90. The summed E-state index contributed by atoms with van der Waals surface area (Å²) in [4.78, 5) is 12.8. The van der Waals surface area contributed by atoms with Crippen molar-refractivity contribution in [2.45, 2.75) is 62.3 Å². The van der Waals surface area contributed by atoms with Gasteiger partial charge in [0.15, 0.2) is 0 Å². The van der Waals surface area contributed by atoms with Gasteiger partial charge in [-0.2, -0.15) is 0 Å². The van der Waals surface area contributed by atoms with Gasteiger partial charge in [0.05, 0.1) is 35.5 Å². The molecule has 35 heavy (non-hydrogen) atoms. The quantitative estimate of drug-likeness (QED) is 0.286. The van der Waals surface area contributed by atoms with Crippen molar-refractivity contribution >= 4 is 16.8 Å². The fraction of sp³-hybridized carbons (Fsp3) is 0.345. The number of benzene rings is 3. The molecular formula is C29H34O5S. The Hall–Kier alpha value is -3.12. The minimum atomic E-state index is -1.32. The van der Waals surface area contributed by atoms with E-state index in [1.807, 2.05) is 80.6 Å². The Labute approximate surface area is 210 Å². The van der Waals surface area contributed by atoms with E-state index in [4.69, 9.17) is 14.2 Å². The lowest BCUT2D eigenvalue weighted by atomic mass is 10.0. The zero-order chi connectivity index (χ0) is 25.2. The highest BCUT2D eigenvalue weighted by atomic mass is 32.2. The van der Waals surface area contributed by atoms with E-state index < -0.39 is 10.8 Å². The Balaban J connectivity index is 1.59. The van der Waals surface area contributed by atoms with Crippen LogP contribution in [0.2, 0.25) is 0 Å². The van der Waals surface area contributed by atoms with Gasteiger partial charge in [0.2, 0.25) is 0 Å². The SMILES string of the molecule is CCc1ccc(O[C@@H](C)CCOc2ccc(CCC(=O)OC)c(C)c2)c([S@](=O)c2ccccc2)c1. The minimum absolute atomic E-state index is 0.116. The average Bonchev–Trinajstić information content (AvgIpc) is 2.88. The Kier molecular flexibility index (Phi) is 9.91. The molecule has 0 unspecified atom stereocenters. The van der Waals surface area contributed by atoms with Crippen LogP contribution in [0.4, 0.5) is 0 Å². The maximum absolute atomic E-state index is 13.3. The number of carbonyl (C=O) groups excluding carboxylic acids is 1. The van der Waals surface area contributed by atoms with Gasteiger partial charge in [0, 0.05) is 17.7 Å². The summed E-state index contributed by atoms with van der Waals surface area (Å²) in [5.74, 6) is 1.22. The van der Waals surface area contributed by atoms with Gasteiger partial charge in [0.25, 0.3) is 0 Å². The fourth-order valence-corrected chi connectivity index (χ4v) is 4.90. The van der Waals surface area contributed by atoms with Crippen LogP contribution in [0.5, 0.6) is 11.5 Å². The van der Waals surface area contributed by atoms with Gasteiger partial charge in [-0.25, -0.2) is 4.21 Å². The van der Waals surface area contributed by atoms with Gasteiger partial charge >= 0.3 is 5.97 Å². The van der Waals surface area contributed by atoms with E-state index in [2.05, 4.69) is 6.92 Å². The molecular weight excluding hydrogens is 460 g/mol. The van der Waals surface area contributed by atoms with E-state index in [9.17, 15) is 9.00 Å². The summed E-state index contributed by atoms with van der Waals surface area (Å²) in [6.07, 6.45) is 2.43. The second kappa shape index (κ2) is 13.1. The fourth-order valence-electron chi connectivity index (χ4n) is 3.68. The van der Waals surface area contributed by atoms with E-state index in [1.165, 1.54) is 7.11 Å². The summed E-state index contributed by atoms with van der Waals surface area (Å²) in [7, 11) is 0.0855. The molecule has 0 radical (unpaired) electrons. The zero-order valence-electron chi connectivity index (χ0n) is 20.9. The predicted octanol–water partition coefficient (Wildman–Crippen LogP) is 6.07. The number of carbonyl (C=O) groups is 1. The van der Waals surface area contributed by atoms with Crippen molar-refractivity contribution in [2.75, 3.05) is 13.7 Å². The van der Waals surface area contributed by atoms with Crippen LogP contribution in [0, 0.1) is 6.92 Å². The molecule has 186 valence electrons. The highest BCUT2D eigenvalue weighted by Crippen LogP contribution is 2.29. The van der Waals surface area contributed by atoms with Crippen LogP contribution in [0.1, 0.15) is 43.4 Å². The van der Waals surface area contributed by atoms with Crippen molar-refractivity contribution in [2.24, 2.45) is 0 Å². The molecule has 3 aromatic rings. The van der Waals surface area contributed by atoms with E-state index in [1.54, 1.807) is 0 Å². The van der Waals surface area contributed by atoms with Gasteiger partial charge < -0.3 is 14.2 Å². The van der Waals surface area contributed by atoms with Gasteiger partial charge in [-0.3, -0.25) is 4.79 Å². The summed E-state index contributed by atoms with van der Waals surface area (Å²) < 4.78 is 30.1. The Bertz CT molecular complexity index is 1140. The van der Waals surface area contributed by atoms with Crippen LogP contribution in [-0.2, 0) is 33.2 Å². The first-order valence-electron chi connectivity index (χ1n) is 12.0. The first-order valence-corrected chi connectivity index (χ1v) is 13.1. The number of hydrogen-bond acceptors (Lipinski definition) is 5. The molecule has 0 saturated carbocycles. The van der Waals surface area contributed by atoms with Crippen molar-refractivity contribution in [3.63, 3.8) is 0 Å². The molecule has 0 aromatic heterocycles. The lowest BCUT2D eigenvalue weighted by molar-refractivity contribution is -0.140. The molecule has 0 saturated heterocycles. The Morgan fingerprint density at radius 3 is 2.49 bits per heavy atom. The molecule has 0 spiro atoms. The van der Waals surface area contributed by atoms with Crippen molar-refractivity contribution in [1.82, 2.24) is 0 Å². The molecule has 5 nitrogen and oxygen atoms in total. The van der Waals surface area contributed by atoms with Crippen LogP contribution >= 0.6 is 0 Å². The molecule has 0 aliphatic rings. The number of hydrogen-bond donors (Lipinski definition) is 0. The first-order chi connectivity index (χ1) is 16.9. The molecule has 0 aliphatic carbocycles. The topological polar surface area (TPSA) is 61.8 Å². The lowest BCUT2D eigenvalue weighted by Crippen LogP contribution is -2.17. The molecule has 6 heteroatoms. The standard InChI is InChI=1S/C29H34O5S/c1-5-23-11-15-27(28(20-23)35(31)26-9-7-6-8-10-26)34-22(3)17-18-33-25-14-12-24(21(2)19-25)13-16-29(30)32-4/h6-12,14-15,19-20,22H,5,13,16-18H2,1-4H3/t22-,35+/m0/s1. The number of esters is 1. The van der Waals surface area contributed by atoms with Crippen LogP contribution in [0.25, 0.3) is 0 Å². The summed E-state index contributed by atoms with van der Waals surface area (Å²) in [5.41, 5.74) is 3.31. The van der Waals surface area contributed by atoms with Gasteiger partial charge in [-0.1, -0.05) is 37.3 Å². The van der Waals surface area contributed by atoms with Crippen molar-refractivity contribution in [3.8, 4) is 11.5 Å². The number of aryl methyl sites for hydroxylation is 3. The highest BCUT2D eigenvalue weighted by Gasteiger charge is 2.16. The number of ether oxygens (including phenoxy) is 3. The van der Waals surface area contributed by atoms with Crippen LogP contribution in [0.3, 0.4) is 0 Å². The summed E-state index contributed by atoms with van der Waals surface area (Å²) in [6.45, 7) is 6.58. The zero-order valence-corrected chi connectivity index (χ0v) is 21.7. The minimum Gasteiger partial charge on any atom is -0.493 e. The Morgan fingerprint density at radius 2 is 1.80 bits per heavy atom. The maximum Gasteiger partial charge on any atom is 0.305 e. The van der Waals surface area contributed by atoms with Crippen molar-refractivity contribution < 1.29 is 23.2 Å². The van der Waals surface area contributed by atoms with Crippen LogP contribution in [-0.4, -0.2) is 30.0 Å². The summed E-state index contributed by atoms with van der Waals surface area (Å²) in [5, 5.41) is 0. The average molecular weight is 495 g/mol. The van der Waals surface area contributed by atoms with E-state index in [0.717, 1.165) is 33.8 Å². The highest BCUT2D eigenvalue weighted by molar-refractivity contribution is 7.85. The van der Waals surface area contributed by atoms with Gasteiger partial charge in [-0.15, -0.1) is 0 Å². The van der Waals surface area contributed by atoms with Crippen molar-refractivity contribution in [1.29, 1.82) is 0 Å². The van der Waals surface area contributed by atoms with E-state index in [0.29, 0.717) is 36.5 Å². The molecule has 0 N–H and O–H groups in total. The molecule has 0 heterocycles. The monoisotopic (exact) mass is 494 g/mol. The summed E-state index contributed by atoms with van der Waals surface area (Å²) >= 11 is 0. The molecule has 0 amide bonds. The third-order valence-electron chi connectivity index (χ3n) is 5.83. The third kappa shape index (κ3) is 7.69. The normalized spacial score (nSPS) is 12.6. The summed E-state index contributed by atoms with van der Waals surface area (Å²) in [6, 6.07) is 21.3. The smallest absolute Gasteiger partial charge is 0.305 e. The van der Waals surface area contributed by atoms with Gasteiger partial charge in [-0.05, 0) is 79.8 Å².